The maximum Gasteiger partial charge on any atom is 0.328 e. The first-order chi connectivity index (χ1) is 9.67. The van der Waals surface area contributed by atoms with E-state index in [1.165, 1.54) is 27.0 Å². The maximum absolute atomic E-state index is 12.1. The first kappa shape index (κ1) is 16.8. The Hall–Kier alpha value is -2.24. The van der Waals surface area contributed by atoms with Gasteiger partial charge in [0.25, 0.3) is 5.91 Å². The van der Waals surface area contributed by atoms with Crippen LogP contribution < -0.4 is 14.8 Å². The molecule has 0 spiro atoms. The summed E-state index contributed by atoms with van der Waals surface area (Å²) in [5.74, 6) is -0.648. The third-order valence-corrected chi connectivity index (χ3v) is 2.75. The number of methoxy groups -OCH3 is 1. The Morgan fingerprint density at radius 1 is 1.24 bits per heavy atom. The minimum Gasteiger partial charge on any atom is -0.493 e. The second kappa shape index (κ2) is 6.47. The van der Waals surface area contributed by atoms with Crippen LogP contribution in [-0.4, -0.2) is 35.7 Å². The average molecular weight is 295 g/mol. The van der Waals surface area contributed by atoms with E-state index in [4.69, 9.17) is 14.6 Å². The summed E-state index contributed by atoms with van der Waals surface area (Å²) < 4.78 is 10.8. The summed E-state index contributed by atoms with van der Waals surface area (Å²) in [5.41, 5.74) is -1.05. The van der Waals surface area contributed by atoms with Gasteiger partial charge in [-0.2, -0.15) is 0 Å². The lowest BCUT2D eigenvalue weighted by molar-refractivity contribution is -0.143. The van der Waals surface area contributed by atoms with Gasteiger partial charge in [-0.3, -0.25) is 4.79 Å². The summed E-state index contributed by atoms with van der Waals surface area (Å²) in [6, 6.07) is 4.71. The Morgan fingerprint density at radius 3 is 2.33 bits per heavy atom. The molecule has 1 rings (SSSR count). The third-order valence-electron chi connectivity index (χ3n) is 2.75. The van der Waals surface area contributed by atoms with Crippen LogP contribution in [0.3, 0.4) is 0 Å². The van der Waals surface area contributed by atoms with Gasteiger partial charge in [-0.25, -0.2) is 4.79 Å². The van der Waals surface area contributed by atoms with Gasteiger partial charge in [0.05, 0.1) is 13.2 Å². The third kappa shape index (κ3) is 4.37. The number of carboxylic acids is 1. The van der Waals surface area contributed by atoms with Crippen molar-refractivity contribution in [2.45, 2.75) is 39.3 Å². The zero-order chi connectivity index (χ0) is 16.2. The zero-order valence-electron chi connectivity index (χ0n) is 12.9. The molecule has 0 aliphatic heterocycles. The highest BCUT2D eigenvalue weighted by atomic mass is 16.5. The Kier molecular flexibility index (Phi) is 5.18. The summed E-state index contributed by atoms with van der Waals surface area (Å²) in [5, 5.41) is 11.5. The van der Waals surface area contributed by atoms with Crippen LogP contribution in [0, 0.1) is 0 Å². The first-order valence-electron chi connectivity index (χ1n) is 6.58. The van der Waals surface area contributed by atoms with Gasteiger partial charge in [0.1, 0.15) is 5.54 Å². The topological polar surface area (TPSA) is 84.9 Å². The fourth-order valence-electron chi connectivity index (χ4n) is 1.57. The number of benzene rings is 1. The summed E-state index contributed by atoms with van der Waals surface area (Å²) in [7, 11) is 1.48. The van der Waals surface area contributed by atoms with Crippen molar-refractivity contribution in [1.82, 2.24) is 5.32 Å². The van der Waals surface area contributed by atoms with Crippen molar-refractivity contribution in [3.8, 4) is 11.5 Å². The number of aliphatic carboxylic acids is 1. The predicted octanol–water partition coefficient (Wildman–Crippen LogP) is 2.08. The molecule has 2 N–H and O–H groups in total. The number of carbonyl (C=O) groups excluding carboxylic acids is 1. The van der Waals surface area contributed by atoms with E-state index in [0.717, 1.165) is 0 Å². The monoisotopic (exact) mass is 295 g/mol. The number of nitrogens with one attached hydrogen (secondary N) is 1. The fourth-order valence-corrected chi connectivity index (χ4v) is 1.57. The lowest BCUT2D eigenvalue weighted by atomic mass is 10.1. The van der Waals surface area contributed by atoms with Crippen molar-refractivity contribution in [1.29, 1.82) is 0 Å². The molecule has 0 saturated heterocycles. The molecule has 0 atom stereocenters. The summed E-state index contributed by atoms with van der Waals surface area (Å²) in [6.07, 6.45) is -0.0236. The molecule has 0 unspecified atom stereocenters. The minimum absolute atomic E-state index is 0.0236. The molecule has 0 radical (unpaired) electrons. The lowest BCUT2D eigenvalue weighted by Crippen LogP contribution is -2.49. The van der Waals surface area contributed by atoms with Crippen molar-refractivity contribution in [2.75, 3.05) is 7.11 Å². The van der Waals surface area contributed by atoms with Crippen molar-refractivity contribution in [2.24, 2.45) is 0 Å². The second-order valence-corrected chi connectivity index (χ2v) is 5.42. The van der Waals surface area contributed by atoms with Crippen LogP contribution >= 0.6 is 0 Å². The zero-order valence-corrected chi connectivity index (χ0v) is 12.9. The molecule has 1 amide bonds. The summed E-state index contributed by atoms with van der Waals surface area (Å²) >= 11 is 0. The molecule has 6 heteroatoms. The number of carbonyl (C=O) groups is 2. The van der Waals surface area contributed by atoms with Crippen LogP contribution in [0.4, 0.5) is 0 Å². The number of hydrogen-bond donors (Lipinski definition) is 2. The van der Waals surface area contributed by atoms with Crippen LogP contribution in [0.1, 0.15) is 38.1 Å². The first-order valence-corrected chi connectivity index (χ1v) is 6.58. The maximum atomic E-state index is 12.1. The number of rotatable bonds is 6. The van der Waals surface area contributed by atoms with Gasteiger partial charge in [-0.1, -0.05) is 0 Å². The van der Waals surface area contributed by atoms with Gasteiger partial charge in [0, 0.05) is 5.56 Å². The summed E-state index contributed by atoms with van der Waals surface area (Å²) in [4.78, 5) is 23.1. The van der Waals surface area contributed by atoms with E-state index in [1.807, 2.05) is 13.8 Å². The number of ether oxygens (including phenoxy) is 2. The van der Waals surface area contributed by atoms with Crippen LogP contribution in [0.2, 0.25) is 0 Å². The summed E-state index contributed by atoms with van der Waals surface area (Å²) in [6.45, 7) is 6.60. The molecular weight excluding hydrogens is 274 g/mol. The van der Waals surface area contributed by atoms with Crippen LogP contribution in [0.5, 0.6) is 11.5 Å². The van der Waals surface area contributed by atoms with Gasteiger partial charge in [-0.05, 0) is 45.9 Å². The Morgan fingerprint density at radius 2 is 1.86 bits per heavy atom. The van der Waals surface area contributed by atoms with Crippen LogP contribution in [0.25, 0.3) is 0 Å². The van der Waals surface area contributed by atoms with Gasteiger partial charge in [0.15, 0.2) is 11.5 Å². The molecule has 0 aliphatic rings. The molecule has 0 saturated carbocycles. The largest absolute Gasteiger partial charge is 0.493 e. The normalized spacial score (nSPS) is 11.1. The van der Waals surface area contributed by atoms with Crippen molar-refractivity contribution >= 4 is 11.9 Å². The van der Waals surface area contributed by atoms with Gasteiger partial charge in [-0.15, -0.1) is 0 Å². The van der Waals surface area contributed by atoms with E-state index in [0.29, 0.717) is 17.1 Å². The van der Waals surface area contributed by atoms with Gasteiger partial charge >= 0.3 is 5.97 Å². The van der Waals surface area contributed by atoms with E-state index in [-0.39, 0.29) is 6.10 Å². The second-order valence-electron chi connectivity index (χ2n) is 5.42. The predicted molar refractivity (Wildman–Crippen MR) is 77.9 cm³/mol. The minimum atomic E-state index is -1.35. The lowest BCUT2D eigenvalue weighted by Gasteiger charge is -2.21. The van der Waals surface area contributed by atoms with E-state index >= 15 is 0 Å². The SMILES string of the molecule is COc1cc(C(=O)NC(C)(C)C(=O)O)ccc1OC(C)C. The standard InChI is InChI=1S/C15H21NO5/c1-9(2)21-11-7-6-10(8-12(11)20-5)13(17)16-15(3,4)14(18)19/h6-9H,1-5H3,(H,16,17)(H,18,19). The quantitative estimate of drug-likeness (QED) is 0.839. The molecule has 1 aromatic carbocycles. The Labute approximate surface area is 124 Å². The Balaban J connectivity index is 2.99. The van der Waals surface area contributed by atoms with E-state index in [2.05, 4.69) is 5.32 Å². The van der Waals surface area contributed by atoms with Crippen molar-refractivity contribution in [3.05, 3.63) is 23.8 Å². The van der Waals surface area contributed by atoms with E-state index in [1.54, 1.807) is 12.1 Å². The highest BCUT2D eigenvalue weighted by Gasteiger charge is 2.29. The fraction of sp³-hybridized carbons (Fsp3) is 0.467. The number of carboxylic acid groups (broad SMARTS) is 1. The van der Waals surface area contributed by atoms with E-state index < -0.39 is 17.4 Å². The molecule has 6 nitrogen and oxygen atoms in total. The van der Waals surface area contributed by atoms with E-state index in [9.17, 15) is 9.59 Å². The molecule has 116 valence electrons. The number of amides is 1. The van der Waals surface area contributed by atoms with Gasteiger partial charge < -0.3 is 19.9 Å². The number of hydrogen-bond acceptors (Lipinski definition) is 4. The highest BCUT2D eigenvalue weighted by Crippen LogP contribution is 2.29. The molecular formula is C15H21NO5. The molecule has 21 heavy (non-hydrogen) atoms. The average Bonchev–Trinajstić information content (AvgIpc) is 2.37. The molecule has 1 aromatic rings. The molecule has 0 fully saturated rings. The van der Waals surface area contributed by atoms with Gasteiger partial charge in [0.2, 0.25) is 0 Å². The van der Waals surface area contributed by atoms with Crippen LogP contribution in [0.15, 0.2) is 18.2 Å². The van der Waals surface area contributed by atoms with Crippen molar-refractivity contribution in [3.63, 3.8) is 0 Å². The molecule has 0 aromatic heterocycles. The van der Waals surface area contributed by atoms with Crippen molar-refractivity contribution < 1.29 is 24.2 Å². The molecule has 0 aliphatic carbocycles. The van der Waals surface area contributed by atoms with Crippen LogP contribution in [-0.2, 0) is 4.79 Å². The molecule has 0 bridgehead atoms. The highest BCUT2D eigenvalue weighted by molar-refractivity contribution is 5.98. The Bertz CT molecular complexity index is 537. The molecule has 0 heterocycles. The smallest absolute Gasteiger partial charge is 0.328 e.